The fraction of sp³-hybridized carbons (Fsp3) is 0.727. The van der Waals surface area contributed by atoms with Gasteiger partial charge in [-0.2, -0.15) is 0 Å². The number of nitrogens with two attached hydrogens (primary N) is 1. The zero-order valence-corrected chi connectivity index (χ0v) is 12.0. The van der Waals surface area contributed by atoms with Crippen LogP contribution >= 0.6 is 11.8 Å². The third-order valence-electron chi connectivity index (χ3n) is 2.73. The number of hydrogen-bond donors (Lipinski definition) is 3. The fourth-order valence-corrected chi connectivity index (χ4v) is 2.46. The van der Waals surface area contributed by atoms with Crippen molar-refractivity contribution in [1.29, 1.82) is 0 Å². The summed E-state index contributed by atoms with van der Waals surface area (Å²) in [5.74, 6) is -0.325. The maximum atomic E-state index is 11.4. The zero-order valence-electron chi connectivity index (χ0n) is 11.2. The lowest BCUT2D eigenvalue weighted by Gasteiger charge is -2.18. The Morgan fingerprint density at radius 3 is 2.89 bits per heavy atom. The molecule has 1 aromatic rings. The van der Waals surface area contributed by atoms with Gasteiger partial charge < -0.3 is 10.8 Å². The molecule has 0 amide bonds. The highest BCUT2D eigenvalue weighted by atomic mass is 32.2. The van der Waals surface area contributed by atoms with Crippen LogP contribution in [-0.4, -0.2) is 37.1 Å². The molecule has 1 atom stereocenters. The van der Waals surface area contributed by atoms with E-state index in [1.54, 1.807) is 4.57 Å². The van der Waals surface area contributed by atoms with Gasteiger partial charge in [-0.1, -0.05) is 18.7 Å². The molecule has 0 saturated heterocycles. The number of H-pyrrole nitrogens is 1. The summed E-state index contributed by atoms with van der Waals surface area (Å²) in [4.78, 5) is 22.3. The molecule has 0 radical (unpaired) electrons. The molecule has 0 aliphatic carbocycles. The molecule has 0 aromatic carbocycles. The topological polar surface area (TPSA) is 114 Å². The first-order valence-electron chi connectivity index (χ1n) is 6.18. The highest BCUT2D eigenvalue weighted by Crippen LogP contribution is 2.18. The van der Waals surface area contributed by atoms with Gasteiger partial charge in [0.15, 0.2) is 5.16 Å². The van der Waals surface area contributed by atoms with Gasteiger partial charge in [0.1, 0.15) is 5.54 Å². The number of hydrogen-bond acceptors (Lipinski definition) is 5. The summed E-state index contributed by atoms with van der Waals surface area (Å²) in [6.07, 6.45) is 1.89. The summed E-state index contributed by atoms with van der Waals surface area (Å²) in [6.45, 7) is 4.11. The van der Waals surface area contributed by atoms with Gasteiger partial charge >= 0.3 is 11.7 Å². The van der Waals surface area contributed by atoms with Crippen molar-refractivity contribution in [2.75, 3.05) is 5.75 Å². The van der Waals surface area contributed by atoms with E-state index < -0.39 is 11.5 Å². The van der Waals surface area contributed by atoms with Crippen molar-refractivity contribution in [2.45, 2.75) is 50.4 Å². The maximum absolute atomic E-state index is 11.4. The first kappa shape index (κ1) is 15.8. The average molecular weight is 288 g/mol. The van der Waals surface area contributed by atoms with Crippen LogP contribution in [0.4, 0.5) is 0 Å². The lowest BCUT2D eigenvalue weighted by molar-refractivity contribution is -0.142. The molecule has 0 aliphatic rings. The van der Waals surface area contributed by atoms with Gasteiger partial charge in [-0.3, -0.25) is 9.36 Å². The highest BCUT2D eigenvalue weighted by Gasteiger charge is 2.26. The molecule has 1 aromatic heterocycles. The number of nitrogens with one attached hydrogen (secondary N) is 1. The third kappa shape index (κ3) is 4.39. The number of aliphatic carboxylic acids is 1. The average Bonchev–Trinajstić information content (AvgIpc) is 2.67. The van der Waals surface area contributed by atoms with Gasteiger partial charge in [-0.25, -0.2) is 9.89 Å². The van der Waals surface area contributed by atoms with Gasteiger partial charge in [0.05, 0.1) is 0 Å². The normalized spacial score (nSPS) is 14.3. The number of thioether (sulfide) groups is 1. The molecule has 108 valence electrons. The highest BCUT2D eigenvalue weighted by molar-refractivity contribution is 7.99. The minimum Gasteiger partial charge on any atom is -0.480 e. The van der Waals surface area contributed by atoms with Crippen molar-refractivity contribution in [3.05, 3.63) is 10.5 Å². The number of aromatic amines is 1. The quantitative estimate of drug-likeness (QED) is 0.478. The summed E-state index contributed by atoms with van der Waals surface area (Å²) < 4.78 is 1.59. The predicted octanol–water partition coefficient (Wildman–Crippen LogP) is 0.656. The van der Waals surface area contributed by atoms with E-state index in [9.17, 15) is 9.59 Å². The van der Waals surface area contributed by atoms with E-state index in [2.05, 4.69) is 10.2 Å². The van der Waals surface area contributed by atoms with E-state index >= 15 is 0 Å². The van der Waals surface area contributed by atoms with Crippen molar-refractivity contribution in [2.24, 2.45) is 5.73 Å². The van der Waals surface area contributed by atoms with Crippen molar-refractivity contribution < 1.29 is 9.90 Å². The van der Waals surface area contributed by atoms with Crippen molar-refractivity contribution >= 4 is 17.7 Å². The van der Waals surface area contributed by atoms with Crippen molar-refractivity contribution in [1.82, 2.24) is 14.8 Å². The molecule has 1 rings (SSSR count). The SMILES string of the molecule is CCCn1c(SCCCC(C)(N)C(=O)O)n[nH]c1=O. The molecule has 1 unspecified atom stereocenters. The van der Waals surface area contributed by atoms with Gasteiger partial charge in [-0.05, 0) is 26.2 Å². The van der Waals surface area contributed by atoms with Gasteiger partial charge in [0, 0.05) is 12.3 Å². The summed E-state index contributed by atoms with van der Waals surface area (Å²) in [7, 11) is 0. The number of rotatable bonds is 8. The van der Waals surface area contributed by atoms with Crippen molar-refractivity contribution in [3.8, 4) is 0 Å². The Hall–Kier alpha value is -1.28. The molecule has 0 bridgehead atoms. The van der Waals surface area contributed by atoms with Crippen LogP contribution in [0.5, 0.6) is 0 Å². The second-order valence-corrected chi connectivity index (χ2v) is 5.70. The molecule has 4 N–H and O–H groups in total. The largest absolute Gasteiger partial charge is 0.480 e. The summed E-state index contributed by atoms with van der Waals surface area (Å²) in [6, 6.07) is 0. The van der Waals surface area contributed by atoms with Gasteiger partial charge in [0.2, 0.25) is 0 Å². The Morgan fingerprint density at radius 1 is 1.63 bits per heavy atom. The molecular weight excluding hydrogens is 268 g/mol. The summed E-state index contributed by atoms with van der Waals surface area (Å²) in [5, 5.41) is 15.9. The van der Waals surface area contributed by atoms with Crippen LogP contribution in [0, 0.1) is 0 Å². The van der Waals surface area contributed by atoms with Gasteiger partial charge in [-0.15, -0.1) is 5.10 Å². The maximum Gasteiger partial charge on any atom is 0.343 e. The third-order valence-corrected chi connectivity index (χ3v) is 3.79. The molecule has 0 saturated carbocycles. The first-order chi connectivity index (χ1) is 8.88. The number of carbonyl (C=O) groups is 1. The van der Waals surface area contributed by atoms with E-state index in [-0.39, 0.29) is 5.69 Å². The molecule has 0 fully saturated rings. The fourth-order valence-electron chi connectivity index (χ4n) is 1.54. The number of aromatic nitrogens is 3. The zero-order chi connectivity index (χ0) is 14.5. The van der Waals surface area contributed by atoms with Gasteiger partial charge in [0.25, 0.3) is 0 Å². The number of carboxylic acid groups (broad SMARTS) is 1. The molecule has 19 heavy (non-hydrogen) atoms. The van der Waals surface area contributed by atoms with E-state index in [1.807, 2.05) is 6.92 Å². The Bertz CT molecular complexity index is 481. The molecule has 7 nitrogen and oxygen atoms in total. The lowest BCUT2D eigenvalue weighted by Crippen LogP contribution is -2.44. The number of nitrogens with zero attached hydrogens (tertiary/aromatic N) is 2. The van der Waals surface area contributed by atoms with E-state index in [0.29, 0.717) is 30.3 Å². The molecule has 0 spiro atoms. The van der Waals surface area contributed by atoms with Crippen molar-refractivity contribution in [3.63, 3.8) is 0 Å². The molecule has 8 heteroatoms. The Balaban J connectivity index is 2.46. The van der Waals surface area contributed by atoms with Crippen LogP contribution in [0.3, 0.4) is 0 Å². The monoisotopic (exact) mass is 288 g/mol. The Morgan fingerprint density at radius 2 is 2.32 bits per heavy atom. The van der Waals surface area contributed by atoms with Crippen LogP contribution in [0.25, 0.3) is 0 Å². The van der Waals surface area contributed by atoms with Crippen LogP contribution in [-0.2, 0) is 11.3 Å². The second-order valence-electron chi connectivity index (χ2n) is 4.64. The standard InChI is InChI=1S/C11H20N4O3S/c1-3-6-15-9(18)13-14-10(15)19-7-4-5-11(2,12)8(16)17/h3-7,12H2,1-2H3,(H,13,18)(H,16,17). The minimum atomic E-state index is -1.20. The second kappa shape index (κ2) is 6.76. The molecule has 0 aliphatic heterocycles. The summed E-state index contributed by atoms with van der Waals surface area (Å²) >= 11 is 1.43. The number of carboxylic acids is 1. The Kier molecular flexibility index (Phi) is 5.61. The summed E-state index contributed by atoms with van der Waals surface area (Å²) in [5.41, 5.74) is 4.23. The first-order valence-corrected chi connectivity index (χ1v) is 7.17. The van der Waals surface area contributed by atoms with Crippen LogP contribution in [0.15, 0.2) is 9.95 Å². The predicted molar refractivity (Wildman–Crippen MR) is 73.3 cm³/mol. The smallest absolute Gasteiger partial charge is 0.343 e. The van der Waals surface area contributed by atoms with Crippen LogP contribution < -0.4 is 11.4 Å². The Labute approximate surface area is 115 Å². The van der Waals surface area contributed by atoms with Crippen LogP contribution in [0.1, 0.15) is 33.1 Å². The minimum absolute atomic E-state index is 0.210. The molecular formula is C11H20N4O3S. The van der Waals surface area contributed by atoms with Crippen LogP contribution in [0.2, 0.25) is 0 Å². The van der Waals surface area contributed by atoms with E-state index in [0.717, 1.165) is 6.42 Å². The molecule has 1 heterocycles. The lowest BCUT2D eigenvalue weighted by atomic mass is 9.98. The van der Waals surface area contributed by atoms with E-state index in [4.69, 9.17) is 10.8 Å². The van der Waals surface area contributed by atoms with E-state index in [1.165, 1.54) is 18.7 Å².